The van der Waals surface area contributed by atoms with Crippen LogP contribution in [0.5, 0.6) is 5.75 Å². The van der Waals surface area contributed by atoms with Crippen molar-refractivity contribution in [3.05, 3.63) is 11.9 Å². The summed E-state index contributed by atoms with van der Waals surface area (Å²) in [4.78, 5) is 0. The third kappa shape index (κ3) is 2.94. The van der Waals surface area contributed by atoms with Crippen LogP contribution < -0.4 is 10.1 Å². The molecule has 5 nitrogen and oxygen atoms in total. The summed E-state index contributed by atoms with van der Waals surface area (Å²) in [5.74, 6) is 0.838. The van der Waals surface area contributed by atoms with E-state index in [0.717, 1.165) is 24.3 Å². The summed E-state index contributed by atoms with van der Waals surface area (Å²) in [5, 5.41) is 7.98. The number of hydrogen-bond donors (Lipinski definition) is 1. The van der Waals surface area contributed by atoms with E-state index in [-0.39, 0.29) is 17.7 Å². The Hall–Kier alpha value is -1.07. The molecule has 120 valence electrons. The Kier molecular flexibility index (Phi) is 5.27. The Morgan fingerprint density at radius 2 is 1.90 bits per heavy atom. The fraction of sp³-hybridized carbons (Fsp3) is 0.812. The summed E-state index contributed by atoms with van der Waals surface area (Å²) in [6, 6.07) is 0.375. The first-order chi connectivity index (χ1) is 10.1. The minimum absolute atomic E-state index is 0.0858. The second-order valence-electron chi connectivity index (χ2n) is 6.19. The number of aromatic nitrogens is 2. The second-order valence-corrected chi connectivity index (χ2v) is 6.19. The topological polar surface area (TPSA) is 48.3 Å². The van der Waals surface area contributed by atoms with E-state index >= 15 is 0 Å². The summed E-state index contributed by atoms with van der Waals surface area (Å²) in [7, 11) is 5.54. The molecule has 0 bridgehead atoms. The second kappa shape index (κ2) is 6.79. The van der Waals surface area contributed by atoms with Crippen LogP contribution in [-0.2, 0) is 4.74 Å². The van der Waals surface area contributed by atoms with Crippen LogP contribution in [0.3, 0.4) is 0 Å². The first-order valence-corrected chi connectivity index (χ1v) is 7.93. The maximum absolute atomic E-state index is 6.03. The molecule has 1 unspecified atom stereocenters. The molecule has 1 fully saturated rings. The minimum Gasteiger partial charge on any atom is -0.493 e. The summed E-state index contributed by atoms with van der Waals surface area (Å²) in [6.07, 6.45) is 7.67. The van der Waals surface area contributed by atoms with E-state index < -0.39 is 0 Å². The van der Waals surface area contributed by atoms with Crippen molar-refractivity contribution in [2.75, 3.05) is 21.3 Å². The van der Waals surface area contributed by atoms with Crippen molar-refractivity contribution < 1.29 is 9.47 Å². The molecule has 0 aromatic carbocycles. The summed E-state index contributed by atoms with van der Waals surface area (Å²) >= 11 is 0. The Balaban J connectivity index is 2.47. The zero-order chi connectivity index (χ0) is 15.5. The average molecular weight is 295 g/mol. The monoisotopic (exact) mass is 295 g/mol. The lowest BCUT2D eigenvalue weighted by molar-refractivity contribution is -0.0696. The standard InChI is InChI=1S/C16H29N3O2/c1-12(2)19-14(13(20-4)11-18-19)15(17-3)16(21-5)9-7-6-8-10-16/h11-12,15,17H,6-10H2,1-5H3. The van der Waals surface area contributed by atoms with Crippen molar-refractivity contribution in [1.29, 1.82) is 0 Å². The van der Waals surface area contributed by atoms with Gasteiger partial charge in [0.1, 0.15) is 5.69 Å². The fourth-order valence-corrected chi connectivity index (χ4v) is 3.61. The van der Waals surface area contributed by atoms with Gasteiger partial charge in [-0.15, -0.1) is 0 Å². The van der Waals surface area contributed by atoms with Crippen LogP contribution in [0.15, 0.2) is 6.20 Å². The Morgan fingerprint density at radius 3 is 2.38 bits per heavy atom. The molecule has 5 heteroatoms. The van der Waals surface area contributed by atoms with E-state index in [1.165, 1.54) is 19.3 Å². The highest BCUT2D eigenvalue weighted by Gasteiger charge is 2.43. The minimum atomic E-state index is -0.174. The quantitative estimate of drug-likeness (QED) is 0.876. The number of ether oxygens (including phenoxy) is 2. The molecule has 2 rings (SSSR count). The van der Waals surface area contributed by atoms with E-state index in [1.807, 2.05) is 20.4 Å². The van der Waals surface area contributed by atoms with Gasteiger partial charge in [-0.25, -0.2) is 0 Å². The highest BCUT2D eigenvalue weighted by atomic mass is 16.5. The highest BCUT2D eigenvalue weighted by molar-refractivity contribution is 5.31. The molecule has 0 radical (unpaired) electrons. The van der Waals surface area contributed by atoms with Crippen LogP contribution in [-0.4, -0.2) is 36.6 Å². The molecule has 0 spiro atoms. The zero-order valence-electron chi connectivity index (χ0n) is 14.0. The third-order valence-corrected chi connectivity index (χ3v) is 4.70. The highest BCUT2D eigenvalue weighted by Crippen LogP contribution is 2.43. The molecule has 1 atom stereocenters. The van der Waals surface area contributed by atoms with Crippen molar-refractivity contribution in [1.82, 2.24) is 15.1 Å². The van der Waals surface area contributed by atoms with Crippen LogP contribution in [0, 0.1) is 0 Å². The molecule has 1 aromatic rings. The lowest BCUT2D eigenvalue weighted by Gasteiger charge is -2.42. The van der Waals surface area contributed by atoms with Gasteiger partial charge in [-0.3, -0.25) is 4.68 Å². The molecule has 1 heterocycles. The Labute approximate surface area is 128 Å². The summed E-state index contributed by atoms with van der Waals surface area (Å²) in [5.41, 5.74) is 0.922. The smallest absolute Gasteiger partial charge is 0.161 e. The molecule has 0 saturated heterocycles. The molecule has 1 N–H and O–H groups in total. The van der Waals surface area contributed by atoms with Gasteiger partial charge in [0.2, 0.25) is 0 Å². The number of nitrogens with one attached hydrogen (secondary N) is 1. The zero-order valence-corrected chi connectivity index (χ0v) is 14.0. The van der Waals surface area contributed by atoms with Gasteiger partial charge in [-0.2, -0.15) is 5.10 Å². The number of rotatable bonds is 6. The predicted octanol–water partition coefficient (Wildman–Crippen LogP) is 3.08. The van der Waals surface area contributed by atoms with Gasteiger partial charge in [0.15, 0.2) is 5.75 Å². The Morgan fingerprint density at radius 1 is 1.24 bits per heavy atom. The molecule has 1 aliphatic rings. The van der Waals surface area contributed by atoms with Crippen molar-refractivity contribution in [2.24, 2.45) is 0 Å². The van der Waals surface area contributed by atoms with Gasteiger partial charge in [-0.05, 0) is 33.7 Å². The molecule has 1 aromatic heterocycles. The summed E-state index contributed by atoms with van der Waals surface area (Å²) in [6.45, 7) is 4.28. The molecule has 1 aliphatic carbocycles. The number of nitrogens with zero attached hydrogens (tertiary/aromatic N) is 2. The predicted molar refractivity (Wildman–Crippen MR) is 83.8 cm³/mol. The molecule has 0 aliphatic heterocycles. The van der Waals surface area contributed by atoms with Gasteiger partial charge in [0.25, 0.3) is 0 Å². The van der Waals surface area contributed by atoms with Gasteiger partial charge in [0, 0.05) is 13.2 Å². The van der Waals surface area contributed by atoms with Gasteiger partial charge < -0.3 is 14.8 Å². The van der Waals surface area contributed by atoms with Crippen LogP contribution in [0.2, 0.25) is 0 Å². The van der Waals surface area contributed by atoms with E-state index in [0.29, 0.717) is 0 Å². The van der Waals surface area contributed by atoms with Crippen molar-refractivity contribution in [3.8, 4) is 5.75 Å². The van der Waals surface area contributed by atoms with E-state index in [4.69, 9.17) is 9.47 Å². The lowest BCUT2D eigenvalue weighted by atomic mass is 9.77. The SMILES string of the molecule is CNC(c1c(OC)cnn1C(C)C)C1(OC)CCCCC1. The van der Waals surface area contributed by atoms with Crippen molar-refractivity contribution in [2.45, 2.75) is 63.6 Å². The van der Waals surface area contributed by atoms with Crippen molar-refractivity contribution >= 4 is 0 Å². The fourth-order valence-electron chi connectivity index (χ4n) is 3.61. The largest absolute Gasteiger partial charge is 0.493 e. The van der Waals surface area contributed by atoms with Gasteiger partial charge in [0.05, 0.1) is 24.9 Å². The summed E-state index contributed by atoms with van der Waals surface area (Å²) < 4.78 is 13.6. The van der Waals surface area contributed by atoms with Crippen molar-refractivity contribution in [3.63, 3.8) is 0 Å². The first kappa shape index (κ1) is 16.3. The number of likely N-dealkylation sites (N-methyl/N-ethyl adjacent to an activating group) is 1. The lowest BCUT2D eigenvalue weighted by Crippen LogP contribution is -2.47. The van der Waals surface area contributed by atoms with Crippen LogP contribution in [0.1, 0.15) is 63.7 Å². The number of methoxy groups -OCH3 is 2. The van der Waals surface area contributed by atoms with E-state index in [9.17, 15) is 0 Å². The maximum Gasteiger partial charge on any atom is 0.161 e. The van der Waals surface area contributed by atoms with Gasteiger partial charge >= 0.3 is 0 Å². The Bertz CT molecular complexity index is 450. The maximum atomic E-state index is 6.03. The molecule has 21 heavy (non-hydrogen) atoms. The average Bonchev–Trinajstić information content (AvgIpc) is 2.93. The van der Waals surface area contributed by atoms with Crippen LogP contribution in [0.4, 0.5) is 0 Å². The van der Waals surface area contributed by atoms with Gasteiger partial charge in [-0.1, -0.05) is 19.3 Å². The molecule has 1 saturated carbocycles. The normalized spacial score (nSPS) is 19.7. The van der Waals surface area contributed by atoms with Crippen LogP contribution >= 0.6 is 0 Å². The molecular formula is C16H29N3O2. The number of hydrogen-bond acceptors (Lipinski definition) is 4. The van der Waals surface area contributed by atoms with E-state index in [1.54, 1.807) is 7.11 Å². The third-order valence-electron chi connectivity index (χ3n) is 4.70. The first-order valence-electron chi connectivity index (χ1n) is 7.93. The molecular weight excluding hydrogens is 266 g/mol. The molecule has 0 amide bonds. The van der Waals surface area contributed by atoms with E-state index in [2.05, 4.69) is 28.9 Å². The van der Waals surface area contributed by atoms with Crippen LogP contribution in [0.25, 0.3) is 0 Å².